The highest BCUT2D eigenvalue weighted by Crippen LogP contribution is 2.20. The molecule has 1 rings (SSSR count). The van der Waals surface area contributed by atoms with Crippen LogP contribution in [-0.2, 0) is 9.53 Å². The molecule has 0 N–H and O–H groups in total. The van der Waals surface area contributed by atoms with Gasteiger partial charge in [-0.1, -0.05) is 12.1 Å². The number of benzene rings is 1. The van der Waals surface area contributed by atoms with E-state index in [9.17, 15) is 4.79 Å². The van der Waals surface area contributed by atoms with Crippen molar-refractivity contribution in [1.82, 2.24) is 0 Å². The quantitative estimate of drug-likeness (QED) is 0.632. The van der Waals surface area contributed by atoms with Gasteiger partial charge in [-0.2, -0.15) is 0 Å². The highest BCUT2D eigenvalue weighted by molar-refractivity contribution is 14.1. The van der Waals surface area contributed by atoms with E-state index >= 15 is 0 Å². The second-order valence-corrected chi connectivity index (χ2v) is 4.33. The third-order valence-electron chi connectivity index (χ3n) is 1.93. The largest absolute Gasteiger partial charge is 0.492 e. The summed E-state index contributed by atoms with van der Waals surface area (Å²) in [5, 5.41) is 0. The minimum Gasteiger partial charge on any atom is -0.492 e. The normalized spacial score (nSPS) is 11.9. The van der Waals surface area contributed by atoms with Crippen LogP contribution in [-0.4, -0.2) is 19.7 Å². The molecule has 0 aromatic heterocycles. The van der Waals surface area contributed by atoms with Gasteiger partial charge >= 0.3 is 5.97 Å². The molecule has 0 saturated carbocycles. The highest BCUT2D eigenvalue weighted by atomic mass is 127. The first-order valence-corrected chi connectivity index (χ1v) is 5.68. The van der Waals surface area contributed by atoms with Crippen molar-refractivity contribution in [2.24, 2.45) is 5.92 Å². The van der Waals surface area contributed by atoms with Gasteiger partial charge in [0.2, 0.25) is 0 Å². The molecule has 0 saturated heterocycles. The van der Waals surface area contributed by atoms with Gasteiger partial charge in [0.15, 0.2) is 0 Å². The number of hydrogen-bond acceptors (Lipinski definition) is 3. The average molecular weight is 320 g/mol. The Morgan fingerprint density at radius 1 is 1.47 bits per heavy atom. The van der Waals surface area contributed by atoms with Crippen molar-refractivity contribution in [2.45, 2.75) is 6.92 Å². The van der Waals surface area contributed by atoms with Crippen LogP contribution in [0.4, 0.5) is 0 Å². The lowest BCUT2D eigenvalue weighted by atomic mass is 10.2. The Kier molecular flexibility index (Phi) is 4.87. The Balaban J connectivity index is 2.50. The number of rotatable bonds is 4. The summed E-state index contributed by atoms with van der Waals surface area (Å²) in [6.45, 7) is 2.12. The fourth-order valence-corrected chi connectivity index (χ4v) is 1.59. The van der Waals surface area contributed by atoms with Crippen LogP contribution >= 0.6 is 22.6 Å². The van der Waals surface area contributed by atoms with Gasteiger partial charge in [-0.3, -0.25) is 4.79 Å². The molecule has 82 valence electrons. The minimum atomic E-state index is -0.249. The summed E-state index contributed by atoms with van der Waals surface area (Å²) in [6, 6.07) is 7.68. The second-order valence-electron chi connectivity index (χ2n) is 3.17. The Bertz CT molecular complexity index is 338. The van der Waals surface area contributed by atoms with Crippen molar-refractivity contribution in [1.29, 1.82) is 0 Å². The number of para-hydroxylation sites is 1. The number of esters is 1. The number of carbonyl (C=O) groups excluding carboxylic acids is 1. The van der Waals surface area contributed by atoms with Crippen LogP contribution in [0.2, 0.25) is 0 Å². The molecule has 1 atom stereocenters. The van der Waals surface area contributed by atoms with E-state index in [4.69, 9.17) is 4.74 Å². The molecule has 0 aliphatic rings. The maximum atomic E-state index is 11.1. The zero-order valence-electron chi connectivity index (χ0n) is 8.70. The van der Waals surface area contributed by atoms with Crippen molar-refractivity contribution < 1.29 is 14.3 Å². The molecule has 0 radical (unpaired) electrons. The molecular formula is C11H13IO3. The maximum Gasteiger partial charge on any atom is 0.311 e. The van der Waals surface area contributed by atoms with E-state index in [1.54, 1.807) is 6.92 Å². The zero-order chi connectivity index (χ0) is 11.3. The van der Waals surface area contributed by atoms with Gasteiger partial charge in [0.05, 0.1) is 16.6 Å². The molecule has 0 bridgehead atoms. The smallest absolute Gasteiger partial charge is 0.311 e. The van der Waals surface area contributed by atoms with E-state index in [0.29, 0.717) is 6.61 Å². The van der Waals surface area contributed by atoms with E-state index in [-0.39, 0.29) is 11.9 Å². The first-order valence-electron chi connectivity index (χ1n) is 4.60. The van der Waals surface area contributed by atoms with Gasteiger partial charge < -0.3 is 9.47 Å². The standard InChI is InChI=1S/C11H13IO3/c1-8(11(13)14-2)7-15-10-6-4-3-5-9(10)12/h3-6,8H,7H2,1-2H3. The summed E-state index contributed by atoms with van der Waals surface area (Å²) in [5.74, 6) is 0.306. The summed E-state index contributed by atoms with van der Waals surface area (Å²) >= 11 is 2.19. The lowest BCUT2D eigenvalue weighted by molar-refractivity contribution is -0.145. The van der Waals surface area contributed by atoms with Crippen molar-refractivity contribution in [3.63, 3.8) is 0 Å². The number of ether oxygens (including phenoxy) is 2. The second kappa shape index (κ2) is 5.95. The zero-order valence-corrected chi connectivity index (χ0v) is 10.9. The van der Waals surface area contributed by atoms with Gasteiger partial charge in [0.25, 0.3) is 0 Å². The lowest BCUT2D eigenvalue weighted by Gasteiger charge is -2.11. The van der Waals surface area contributed by atoms with E-state index in [1.165, 1.54) is 7.11 Å². The monoisotopic (exact) mass is 320 g/mol. The molecule has 0 aliphatic heterocycles. The first kappa shape index (κ1) is 12.3. The summed E-state index contributed by atoms with van der Waals surface area (Å²) in [4.78, 5) is 11.1. The van der Waals surface area contributed by atoms with Gasteiger partial charge in [-0.15, -0.1) is 0 Å². The SMILES string of the molecule is COC(=O)C(C)COc1ccccc1I. The van der Waals surface area contributed by atoms with Crippen LogP contribution in [0, 0.1) is 9.49 Å². The summed E-state index contributed by atoms with van der Waals surface area (Å²) in [5.41, 5.74) is 0. The van der Waals surface area contributed by atoms with Gasteiger partial charge in [0, 0.05) is 0 Å². The van der Waals surface area contributed by atoms with Crippen LogP contribution in [0.25, 0.3) is 0 Å². The van der Waals surface area contributed by atoms with Crippen molar-refractivity contribution in [2.75, 3.05) is 13.7 Å². The van der Waals surface area contributed by atoms with Gasteiger partial charge in [-0.25, -0.2) is 0 Å². The van der Waals surface area contributed by atoms with Crippen LogP contribution in [0.15, 0.2) is 24.3 Å². The predicted octanol–water partition coefficient (Wildman–Crippen LogP) is 2.48. The Morgan fingerprint density at radius 3 is 2.73 bits per heavy atom. The maximum absolute atomic E-state index is 11.1. The molecule has 0 aliphatic carbocycles. The van der Waals surface area contributed by atoms with Gasteiger partial charge in [0.1, 0.15) is 12.4 Å². The molecule has 0 heterocycles. The number of hydrogen-bond donors (Lipinski definition) is 0. The number of methoxy groups -OCH3 is 1. The molecule has 1 aromatic carbocycles. The fraction of sp³-hybridized carbons (Fsp3) is 0.364. The van der Waals surface area contributed by atoms with Crippen molar-refractivity contribution in [3.05, 3.63) is 27.8 Å². The molecule has 3 nitrogen and oxygen atoms in total. The van der Waals surface area contributed by atoms with Crippen LogP contribution < -0.4 is 4.74 Å². The summed E-state index contributed by atoms with van der Waals surface area (Å²) in [6.07, 6.45) is 0. The average Bonchev–Trinajstić information content (AvgIpc) is 2.26. The third-order valence-corrected chi connectivity index (χ3v) is 2.82. The van der Waals surface area contributed by atoms with Crippen molar-refractivity contribution in [3.8, 4) is 5.75 Å². The van der Waals surface area contributed by atoms with E-state index in [0.717, 1.165) is 9.32 Å². The Morgan fingerprint density at radius 2 is 2.13 bits per heavy atom. The van der Waals surface area contributed by atoms with E-state index in [1.807, 2.05) is 24.3 Å². The van der Waals surface area contributed by atoms with Crippen LogP contribution in [0.1, 0.15) is 6.92 Å². The molecule has 1 unspecified atom stereocenters. The molecule has 0 spiro atoms. The summed E-state index contributed by atoms with van der Waals surface area (Å²) < 4.78 is 11.2. The molecule has 4 heteroatoms. The fourth-order valence-electron chi connectivity index (χ4n) is 1.05. The van der Waals surface area contributed by atoms with E-state index < -0.39 is 0 Å². The first-order chi connectivity index (χ1) is 7.15. The molecule has 1 aromatic rings. The van der Waals surface area contributed by atoms with E-state index in [2.05, 4.69) is 27.3 Å². The summed E-state index contributed by atoms with van der Waals surface area (Å²) in [7, 11) is 1.38. The highest BCUT2D eigenvalue weighted by Gasteiger charge is 2.14. The van der Waals surface area contributed by atoms with Crippen LogP contribution in [0.5, 0.6) is 5.75 Å². The molecule has 0 amide bonds. The van der Waals surface area contributed by atoms with Crippen molar-refractivity contribution >= 4 is 28.6 Å². The predicted molar refractivity (Wildman–Crippen MR) is 65.8 cm³/mol. The van der Waals surface area contributed by atoms with Crippen LogP contribution in [0.3, 0.4) is 0 Å². The van der Waals surface area contributed by atoms with Gasteiger partial charge in [-0.05, 0) is 41.6 Å². The lowest BCUT2D eigenvalue weighted by Crippen LogP contribution is -2.20. The number of halogens is 1. The molecule has 0 fully saturated rings. The Labute approximate surface area is 103 Å². The Hall–Kier alpha value is -0.780. The molecular weight excluding hydrogens is 307 g/mol. The third kappa shape index (κ3) is 3.70. The molecule has 15 heavy (non-hydrogen) atoms. The number of carbonyl (C=O) groups is 1. The topological polar surface area (TPSA) is 35.5 Å². The minimum absolute atomic E-state index is 0.244.